The quantitative estimate of drug-likeness (QED) is 0.888. The molecule has 4 nitrogen and oxygen atoms in total. The van der Waals surface area contributed by atoms with E-state index in [1.54, 1.807) is 37.4 Å². The van der Waals surface area contributed by atoms with Crippen LogP contribution >= 0.6 is 12.4 Å². The Labute approximate surface area is 135 Å². The van der Waals surface area contributed by atoms with Gasteiger partial charge in [-0.25, -0.2) is 4.39 Å². The van der Waals surface area contributed by atoms with E-state index in [0.717, 1.165) is 0 Å². The highest BCUT2D eigenvalue weighted by Gasteiger charge is 2.19. The molecule has 2 aromatic rings. The zero-order chi connectivity index (χ0) is 15.2. The highest BCUT2D eigenvalue weighted by atomic mass is 35.5. The Balaban J connectivity index is 0.00000242. The standard InChI is InChI=1S/C16H18FN3O.ClH/c1-11(18)9-15(21)20-16(14-7-2-3-8-19-14)12-5-4-6-13(17)10-12;/h2-8,10-11,16H,9,18H2,1H3,(H,20,21);1H. The van der Waals surface area contributed by atoms with Crippen LogP contribution in [0.4, 0.5) is 4.39 Å². The second-order valence-electron chi connectivity index (χ2n) is 4.99. The van der Waals surface area contributed by atoms with Crippen molar-refractivity contribution in [3.05, 3.63) is 65.7 Å². The Hall–Kier alpha value is -1.98. The lowest BCUT2D eigenvalue weighted by Crippen LogP contribution is -2.33. The average Bonchev–Trinajstić information content (AvgIpc) is 2.45. The smallest absolute Gasteiger partial charge is 0.222 e. The number of nitrogens with zero attached hydrogens (tertiary/aromatic N) is 1. The number of benzene rings is 1. The van der Waals surface area contributed by atoms with Crippen LogP contribution in [-0.2, 0) is 4.79 Å². The zero-order valence-corrected chi connectivity index (χ0v) is 13.0. The first-order valence-corrected chi connectivity index (χ1v) is 6.77. The first-order chi connectivity index (χ1) is 10.1. The molecule has 1 aromatic heterocycles. The maximum atomic E-state index is 13.4. The van der Waals surface area contributed by atoms with Crippen LogP contribution < -0.4 is 11.1 Å². The fourth-order valence-electron chi connectivity index (χ4n) is 2.07. The van der Waals surface area contributed by atoms with Gasteiger partial charge in [0.1, 0.15) is 5.82 Å². The van der Waals surface area contributed by atoms with Gasteiger partial charge in [0, 0.05) is 18.7 Å². The molecule has 0 aliphatic rings. The van der Waals surface area contributed by atoms with E-state index in [2.05, 4.69) is 10.3 Å². The van der Waals surface area contributed by atoms with Crippen molar-refractivity contribution in [1.29, 1.82) is 0 Å². The Bertz CT molecular complexity index is 607. The van der Waals surface area contributed by atoms with E-state index in [0.29, 0.717) is 11.3 Å². The van der Waals surface area contributed by atoms with Crippen LogP contribution in [0.1, 0.15) is 30.6 Å². The molecule has 0 bridgehead atoms. The highest BCUT2D eigenvalue weighted by molar-refractivity contribution is 5.85. The lowest BCUT2D eigenvalue weighted by Gasteiger charge is -2.19. The molecule has 0 aliphatic heterocycles. The van der Waals surface area contributed by atoms with Crippen LogP contribution in [0.3, 0.4) is 0 Å². The molecule has 3 N–H and O–H groups in total. The summed E-state index contributed by atoms with van der Waals surface area (Å²) in [6, 6.07) is 10.8. The minimum Gasteiger partial charge on any atom is -0.344 e. The number of rotatable bonds is 5. The van der Waals surface area contributed by atoms with Crippen molar-refractivity contribution in [2.45, 2.75) is 25.4 Å². The van der Waals surface area contributed by atoms with Gasteiger partial charge >= 0.3 is 0 Å². The van der Waals surface area contributed by atoms with Gasteiger partial charge < -0.3 is 11.1 Å². The summed E-state index contributed by atoms with van der Waals surface area (Å²) in [5, 5.41) is 2.86. The van der Waals surface area contributed by atoms with Gasteiger partial charge in [-0.2, -0.15) is 0 Å². The van der Waals surface area contributed by atoms with Crippen molar-refractivity contribution in [2.24, 2.45) is 5.73 Å². The third-order valence-electron chi connectivity index (χ3n) is 2.98. The fraction of sp³-hybridized carbons (Fsp3) is 0.250. The maximum Gasteiger partial charge on any atom is 0.222 e. The first kappa shape index (κ1) is 18.1. The summed E-state index contributed by atoms with van der Waals surface area (Å²) >= 11 is 0. The fourth-order valence-corrected chi connectivity index (χ4v) is 2.07. The summed E-state index contributed by atoms with van der Waals surface area (Å²) in [5.41, 5.74) is 6.93. The topological polar surface area (TPSA) is 68.0 Å². The number of amides is 1. The Morgan fingerprint density at radius 2 is 2.09 bits per heavy atom. The number of halogens is 2. The van der Waals surface area contributed by atoms with Crippen molar-refractivity contribution in [1.82, 2.24) is 10.3 Å². The normalized spacial score (nSPS) is 12.9. The molecule has 22 heavy (non-hydrogen) atoms. The number of carbonyl (C=O) groups is 1. The maximum absolute atomic E-state index is 13.4. The van der Waals surface area contributed by atoms with Crippen LogP contribution in [0.15, 0.2) is 48.7 Å². The second-order valence-corrected chi connectivity index (χ2v) is 4.99. The van der Waals surface area contributed by atoms with E-state index >= 15 is 0 Å². The summed E-state index contributed by atoms with van der Waals surface area (Å²) < 4.78 is 13.4. The Kier molecular flexibility index (Phi) is 6.95. The summed E-state index contributed by atoms with van der Waals surface area (Å²) in [6.07, 6.45) is 1.85. The molecule has 118 valence electrons. The average molecular weight is 324 g/mol. The largest absolute Gasteiger partial charge is 0.344 e. The van der Waals surface area contributed by atoms with Crippen LogP contribution in [0.25, 0.3) is 0 Å². The third kappa shape index (κ3) is 5.09. The second kappa shape index (κ2) is 8.46. The summed E-state index contributed by atoms with van der Waals surface area (Å²) in [4.78, 5) is 16.2. The lowest BCUT2D eigenvalue weighted by atomic mass is 10.0. The molecule has 1 amide bonds. The highest BCUT2D eigenvalue weighted by Crippen LogP contribution is 2.21. The van der Waals surface area contributed by atoms with E-state index in [-0.39, 0.29) is 36.6 Å². The first-order valence-electron chi connectivity index (χ1n) is 6.77. The number of pyridine rings is 1. The molecule has 2 atom stereocenters. The van der Waals surface area contributed by atoms with Crippen LogP contribution in [0.2, 0.25) is 0 Å². The molecule has 1 heterocycles. The van der Waals surface area contributed by atoms with Crippen LogP contribution in [0, 0.1) is 5.82 Å². The van der Waals surface area contributed by atoms with E-state index in [4.69, 9.17) is 5.73 Å². The monoisotopic (exact) mass is 323 g/mol. The van der Waals surface area contributed by atoms with Crippen molar-refractivity contribution in [2.75, 3.05) is 0 Å². The van der Waals surface area contributed by atoms with Gasteiger partial charge in [-0.3, -0.25) is 9.78 Å². The minimum absolute atomic E-state index is 0. The van der Waals surface area contributed by atoms with Gasteiger partial charge in [-0.1, -0.05) is 18.2 Å². The number of hydrogen-bond donors (Lipinski definition) is 2. The number of carbonyl (C=O) groups excluding carboxylic acids is 1. The molecule has 0 fully saturated rings. The molecule has 0 saturated heterocycles. The Morgan fingerprint density at radius 3 is 2.68 bits per heavy atom. The van der Waals surface area contributed by atoms with E-state index in [9.17, 15) is 9.18 Å². The van der Waals surface area contributed by atoms with Crippen molar-refractivity contribution < 1.29 is 9.18 Å². The molecule has 2 rings (SSSR count). The summed E-state index contributed by atoms with van der Waals surface area (Å²) in [6.45, 7) is 1.76. The molecule has 2 unspecified atom stereocenters. The van der Waals surface area contributed by atoms with E-state index in [1.165, 1.54) is 12.1 Å². The number of hydrogen-bond acceptors (Lipinski definition) is 3. The molecule has 0 saturated carbocycles. The summed E-state index contributed by atoms with van der Waals surface area (Å²) in [7, 11) is 0. The molecule has 1 aromatic carbocycles. The molecular formula is C16H19ClFN3O. The van der Waals surface area contributed by atoms with Gasteiger partial charge in [-0.05, 0) is 36.8 Å². The van der Waals surface area contributed by atoms with E-state index in [1.807, 2.05) is 6.07 Å². The Morgan fingerprint density at radius 1 is 1.32 bits per heavy atom. The molecule has 6 heteroatoms. The number of nitrogens with two attached hydrogens (primary N) is 1. The number of nitrogens with one attached hydrogen (secondary N) is 1. The molecular weight excluding hydrogens is 305 g/mol. The minimum atomic E-state index is -0.492. The predicted molar refractivity (Wildman–Crippen MR) is 86.1 cm³/mol. The third-order valence-corrected chi connectivity index (χ3v) is 2.98. The number of aromatic nitrogens is 1. The van der Waals surface area contributed by atoms with Gasteiger partial charge in [0.2, 0.25) is 5.91 Å². The summed E-state index contributed by atoms with van der Waals surface area (Å²) in [5.74, 6) is -0.542. The van der Waals surface area contributed by atoms with E-state index < -0.39 is 6.04 Å². The van der Waals surface area contributed by atoms with Gasteiger partial charge in [0.05, 0.1) is 11.7 Å². The van der Waals surface area contributed by atoms with Gasteiger partial charge in [-0.15, -0.1) is 12.4 Å². The van der Waals surface area contributed by atoms with Crippen LogP contribution in [0.5, 0.6) is 0 Å². The van der Waals surface area contributed by atoms with Gasteiger partial charge in [0.15, 0.2) is 0 Å². The zero-order valence-electron chi connectivity index (χ0n) is 12.2. The van der Waals surface area contributed by atoms with Crippen molar-refractivity contribution >= 4 is 18.3 Å². The lowest BCUT2D eigenvalue weighted by molar-refractivity contribution is -0.121. The van der Waals surface area contributed by atoms with Crippen molar-refractivity contribution in [3.63, 3.8) is 0 Å². The molecule has 0 aliphatic carbocycles. The molecule has 0 radical (unpaired) electrons. The van der Waals surface area contributed by atoms with Gasteiger partial charge in [0.25, 0.3) is 0 Å². The van der Waals surface area contributed by atoms with Crippen molar-refractivity contribution in [3.8, 4) is 0 Å². The predicted octanol–water partition coefficient (Wildman–Crippen LogP) is 2.59. The molecule has 0 spiro atoms. The SMILES string of the molecule is CC(N)CC(=O)NC(c1cccc(F)c1)c1ccccn1.Cl. The van der Waals surface area contributed by atoms with Crippen LogP contribution in [-0.4, -0.2) is 16.9 Å².